The third-order valence-electron chi connectivity index (χ3n) is 5.50. The van der Waals surface area contributed by atoms with Crippen LogP contribution in [0.3, 0.4) is 0 Å². The molecular formula is C21H27N5O2. The number of rotatable bonds is 6. The van der Waals surface area contributed by atoms with Crippen molar-refractivity contribution in [3.63, 3.8) is 0 Å². The number of carbonyl (C=O) groups excluding carboxylic acids is 1. The lowest BCUT2D eigenvalue weighted by atomic mass is 9.96. The summed E-state index contributed by atoms with van der Waals surface area (Å²) in [4.78, 5) is 27.8. The zero-order chi connectivity index (χ0) is 19.2. The van der Waals surface area contributed by atoms with E-state index < -0.39 is 0 Å². The highest BCUT2D eigenvalue weighted by Crippen LogP contribution is 2.26. The molecule has 0 bridgehead atoms. The highest BCUT2D eigenvalue weighted by Gasteiger charge is 2.26. The molecule has 0 spiro atoms. The quantitative estimate of drug-likeness (QED) is 0.825. The van der Waals surface area contributed by atoms with E-state index in [9.17, 15) is 4.79 Å². The van der Waals surface area contributed by atoms with Gasteiger partial charge in [0.15, 0.2) is 0 Å². The molecule has 2 aliphatic heterocycles. The molecule has 4 rings (SSSR count). The molecule has 2 saturated heterocycles. The lowest BCUT2D eigenvalue weighted by Crippen LogP contribution is -2.37. The molecule has 148 valence electrons. The van der Waals surface area contributed by atoms with Gasteiger partial charge in [0.05, 0.1) is 0 Å². The fourth-order valence-corrected chi connectivity index (χ4v) is 3.90. The van der Waals surface area contributed by atoms with E-state index in [1.165, 1.54) is 0 Å². The summed E-state index contributed by atoms with van der Waals surface area (Å²) >= 11 is 0. The molecule has 7 nitrogen and oxygen atoms in total. The smallest absolute Gasteiger partial charge is 0.225 e. The number of hydrogen-bond donors (Lipinski definition) is 1. The first-order chi connectivity index (χ1) is 13.8. The molecule has 0 aliphatic carbocycles. The van der Waals surface area contributed by atoms with Gasteiger partial charge >= 0.3 is 0 Å². The van der Waals surface area contributed by atoms with Crippen LogP contribution < -0.4 is 10.2 Å². The van der Waals surface area contributed by atoms with Crippen LogP contribution in [0.1, 0.15) is 42.9 Å². The number of anilines is 1. The second-order valence-corrected chi connectivity index (χ2v) is 7.53. The third-order valence-corrected chi connectivity index (χ3v) is 5.50. The summed E-state index contributed by atoms with van der Waals surface area (Å²) in [5.74, 6) is 1.32. The number of ether oxygens (including phenoxy) is 1. The number of carbonyl (C=O) groups is 1. The number of aromatic nitrogens is 3. The van der Waals surface area contributed by atoms with Crippen LogP contribution in [-0.2, 0) is 16.0 Å². The van der Waals surface area contributed by atoms with Crippen molar-refractivity contribution in [2.24, 2.45) is 0 Å². The van der Waals surface area contributed by atoms with Gasteiger partial charge in [0.2, 0.25) is 11.9 Å². The Kier molecular flexibility index (Phi) is 6.11. The van der Waals surface area contributed by atoms with Gasteiger partial charge in [0, 0.05) is 69.0 Å². The maximum absolute atomic E-state index is 12.3. The highest BCUT2D eigenvalue weighted by atomic mass is 16.5. The predicted octanol–water partition coefficient (Wildman–Crippen LogP) is 2.09. The average molecular weight is 381 g/mol. The Morgan fingerprint density at radius 1 is 1.21 bits per heavy atom. The summed E-state index contributed by atoms with van der Waals surface area (Å²) < 4.78 is 5.45. The van der Waals surface area contributed by atoms with Gasteiger partial charge < -0.3 is 15.0 Å². The van der Waals surface area contributed by atoms with Gasteiger partial charge in [-0.05, 0) is 43.4 Å². The minimum Gasteiger partial charge on any atom is -0.381 e. The largest absolute Gasteiger partial charge is 0.381 e. The van der Waals surface area contributed by atoms with Crippen LogP contribution in [0.25, 0.3) is 0 Å². The molecule has 28 heavy (non-hydrogen) atoms. The Hall–Kier alpha value is -2.54. The molecule has 2 aromatic heterocycles. The number of nitrogens with zero attached hydrogens (tertiary/aromatic N) is 4. The topological polar surface area (TPSA) is 80.2 Å². The van der Waals surface area contributed by atoms with E-state index >= 15 is 0 Å². The molecule has 0 saturated carbocycles. The molecular weight excluding hydrogens is 354 g/mol. The Bertz CT molecular complexity index is 779. The van der Waals surface area contributed by atoms with Crippen LogP contribution >= 0.6 is 0 Å². The van der Waals surface area contributed by atoms with Crippen molar-refractivity contribution < 1.29 is 9.53 Å². The zero-order valence-electron chi connectivity index (χ0n) is 16.1. The molecule has 0 radical (unpaired) electrons. The molecule has 2 aromatic rings. The standard InChI is InChI=1S/C21H27N5O2/c27-20(4-3-16-2-1-9-22-14-16)24-18-6-11-26(15-18)21-23-10-5-19(25-21)17-7-12-28-13-8-17/h1-2,5,9-10,14,17-18H,3-4,6-8,11-13,15H2,(H,24,27). The van der Waals surface area contributed by atoms with E-state index in [1.807, 2.05) is 30.6 Å². The first kappa shape index (κ1) is 18.8. The van der Waals surface area contributed by atoms with Crippen LogP contribution in [-0.4, -0.2) is 53.2 Å². The molecule has 2 fully saturated rings. The normalized spacial score (nSPS) is 20.3. The Labute approximate surface area is 165 Å². The van der Waals surface area contributed by atoms with E-state index in [1.54, 1.807) is 6.20 Å². The molecule has 2 aliphatic rings. The van der Waals surface area contributed by atoms with Crippen molar-refractivity contribution in [2.45, 2.75) is 44.1 Å². The monoisotopic (exact) mass is 381 g/mol. The maximum Gasteiger partial charge on any atom is 0.225 e. The summed E-state index contributed by atoms with van der Waals surface area (Å²) in [6.45, 7) is 3.24. The van der Waals surface area contributed by atoms with Crippen molar-refractivity contribution in [3.8, 4) is 0 Å². The fourth-order valence-electron chi connectivity index (χ4n) is 3.90. The second kappa shape index (κ2) is 9.10. The van der Waals surface area contributed by atoms with Gasteiger partial charge in [0.25, 0.3) is 0 Å². The molecule has 1 atom stereocenters. The van der Waals surface area contributed by atoms with E-state index in [-0.39, 0.29) is 11.9 Å². The number of nitrogens with one attached hydrogen (secondary N) is 1. The average Bonchev–Trinajstić information content (AvgIpc) is 3.22. The number of amides is 1. The first-order valence-corrected chi connectivity index (χ1v) is 10.1. The number of pyridine rings is 1. The molecule has 1 N–H and O–H groups in total. The van der Waals surface area contributed by atoms with E-state index in [2.05, 4.69) is 20.2 Å². The van der Waals surface area contributed by atoms with Crippen LogP contribution in [0, 0.1) is 0 Å². The molecule has 7 heteroatoms. The van der Waals surface area contributed by atoms with Crippen molar-refractivity contribution in [1.29, 1.82) is 0 Å². The van der Waals surface area contributed by atoms with Crippen molar-refractivity contribution in [2.75, 3.05) is 31.2 Å². The number of hydrogen-bond acceptors (Lipinski definition) is 6. The second-order valence-electron chi connectivity index (χ2n) is 7.53. The van der Waals surface area contributed by atoms with Crippen LogP contribution in [0.2, 0.25) is 0 Å². The Morgan fingerprint density at radius 3 is 2.93 bits per heavy atom. The van der Waals surface area contributed by atoms with E-state index in [0.29, 0.717) is 18.8 Å². The lowest BCUT2D eigenvalue weighted by molar-refractivity contribution is -0.121. The lowest BCUT2D eigenvalue weighted by Gasteiger charge is -2.23. The molecule has 1 amide bonds. The third kappa shape index (κ3) is 4.84. The zero-order valence-corrected chi connectivity index (χ0v) is 16.1. The van der Waals surface area contributed by atoms with Gasteiger partial charge in [-0.2, -0.15) is 0 Å². The minimum absolute atomic E-state index is 0.0903. The van der Waals surface area contributed by atoms with Crippen LogP contribution in [0.5, 0.6) is 0 Å². The Morgan fingerprint density at radius 2 is 2.11 bits per heavy atom. The van der Waals surface area contributed by atoms with Gasteiger partial charge in [0.1, 0.15) is 0 Å². The van der Waals surface area contributed by atoms with Gasteiger partial charge in [-0.25, -0.2) is 9.97 Å². The van der Waals surface area contributed by atoms with Crippen molar-refractivity contribution in [3.05, 3.63) is 48.0 Å². The summed E-state index contributed by atoms with van der Waals surface area (Å²) in [6, 6.07) is 6.07. The van der Waals surface area contributed by atoms with Crippen molar-refractivity contribution >= 4 is 11.9 Å². The summed E-state index contributed by atoms with van der Waals surface area (Å²) in [6.07, 6.45) is 9.57. The predicted molar refractivity (Wildman–Crippen MR) is 106 cm³/mol. The SMILES string of the molecule is O=C(CCc1cccnc1)NC1CCN(c2nccc(C3CCOCC3)n2)C1. The minimum atomic E-state index is 0.0903. The number of aryl methyl sites for hydroxylation is 1. The molecule has 0 aromatic carbocycles. The van der Waals surface area contributed by atoms with Gasteiger partial charge in [-0.3, -0.25) is 9.78 Å². The van der Waals surface area contributed by atoms with Crippen LogP contribution in [0.4, 0.5) is 5.95 Å². The summed E-state index contributed by atoms with van der Waals surface area (Å²) in [7, 11) is 0. The maximum atomic E-state index is 12.3. The van der Waals surface area contributed by atoms with E-state index in [0.717, 1.165) is 62.8 Å². The molecule has 1 unspecified atom stereocenters. The van der Waals surface area contributed by atoms with Gasteiger partial charge in [-0.1, -0.05) is 6.07 Å². The van der Waals surface area contributed by atoms with E-state index in [4.69, 9.17) is 9.72 Å². The molecule has 4 heterocycles. The fraction of sp³-hybridized carbons (Fsp3) is 0.524. The first-order valence-electron chi connectivity index (χ1n) is 10.1. The summed E-state index contributed by atoms with van der Waals surface area (Å²) in [5.41, 5.74) is 2.20. The summed E-state index contributed by atoms with van der Waals surface area (Å²) in [5, 5.41) is 3.15. The highest BCUT2D eigenvalue weighted by molar-refractivity contribution is 5.76. The van der Waals surface area contributed by atoms with Gasteiger partial charge in [-0.15, -0.1) is 0 Å². The van der Waals surface area contributed by atoms with Crippen LogP contribution in [0.15, 0.2) is 36.8 Å². The van der Waals surface area contributed by atoms with Crippen molar-refractivity contribution in [1.82, 2.24) is 20.3 Å². The Balaban J connectivity index is 1.28.